The molecule has 20 heavy (non-hydrogen) atoms. The molecule has 8 heteroatoms. The molecule has 2 aromatic heterocycles. The molecule has 0 bridgehead atoms. The Morgan fingerprint density at radius 1 is 1.55 bits per heavy atom. The summed E-state index contributed by atoms with van der Waals surface area (Å²) in [4.78, 5) is 7.97. The quantitative estimate of drug-likeness (QED) is 0.691. The van der Waals surface area contributed by atoms with Gasteiger partial charge in [0.2, 0.25) is 5.28 Å². The number of hydrogen-bond acceptors (Lipinski definition) is 6. The van der Waals surface area contributed by atoms with Gasteiger partial charge in [-0.2, -0.15) is 4.98 Å². The molecular formula is C12H17ClN4O3. The fourth-order valence-electron chi connectivity index (χ4n) is 1.89. The van der Waals surface area contributed by atoms with Crippen molar-refractivity contribution < 1.29 is 14.9 Å². The fraction of sp³-hybridized carbons (Fsp3) is 0.500. The maximum absolute atomic E-state index is 10.2. The van der Waals surface area contributed by atoms with E-state index in [4.69, 9.17) is 22.1 Å². The Morgan fingerprint density at radius 3 is 2.85 bits per heavy atom. The molecule has 2 atom stereocenters. The Morgan fingerprint density at radius 2 is 2.25 bits per heavy atom. The Kier molecular flexibility index (Phi) is 4.14. The van der Waals surface area contributed by atoms with Crippen molar-refractivity contribution in [1.82, 2.24) is 14.5 Å². The van der Waals surface area contributed by atoms with Crippen molar-refractivity contribution in [3.8, 4) is 0 Å². The molecule has 2 rings (SSSR count). The van der Waals surface area contributed by atoms with Crippen molar-refractivity contribution >= 4 is 28.5 Å². The summed E-state index contributed by atoms with van der Waals surface area (Å²) in [5.41, 5.74) is 5.23. The van der Waals surface area contributed by atoms with E-state index in [0.717, 1.165) is 0 Å². The number of rotatable bonds is 5. The van der Waals surface area contributed by atoms with E-state index >= 15 is 0 Å². The third kappa shape index (κ3) is 2.57. The summed E-state index contributed by atoms with van der Waals surface area (Å²) in [6.07, 6.45) is 0.797. The molecule has 0 radical (unpaired) electrons. The Hall–Kier alpha value is -1.41. The van der Waals surface area contributed by atoms with Crippen LogP contribution in [0.25, 0.3) is 11.0 Å². The van der Waals surface area contributed by atoms with Gasteiger partial charge in [-0.15, -0.1) is 0 Å². The summed E-state index contributed by atoms with van der Waals surface area (Å²) in [5.74, 6) is 0.282. The van der Waals surface area contributed by atoms with E-state index in [-0.39, 0.29) is 24.3 Å². The molecule has 0 aromatic carbocycles. The van der Waals surface area contributed by atoms with Gasteiger partial charge >= 0.3 is 0 Å². The number of nitrogens with two attached hydrogens (primary N) is 1. The molecule has 0 spiro atoms. The minimum atomic E-state index is -1.06. The first-order valence-electron chi connectivity index (χ1n) is 6.03. The zero-order valence-corrected chi connectivity index (χ0v) is 12.0. The largest absolute Gasteiger partial charge is 0.393 e. The molecule has 0 aliphatic rings. The van der Waals surface area contributed by atoms with Crippen LogP contribution >= 0.6 is 11.6 Å². The van der Waals surface area contributed by atoms with E-state index in [1.54, 1.807) is 23.8 Å². The van der Waals surface area contributed by atoms with Crippen LogP contribution in [0.15, 0.2) is 12.3 Å². The molecule has 0 unspecified atom stereocenters. The van der Waals surface area contributed by atoms with E-state index in [0.29, 0.717) is 11.0 Å². The highest BCUT2D eigenvalue weighted by molar-refractivity contribution is 6.28. The lowest BCUT2D eigenvalue weighted by Gasteiger charge is -2.31. The molecular weight excluding hydrogens is 284 g/mol. The molecule has 4 N–H and O–H groups in total. The highest BCUT2D eigenvalue weighted by Gasteiger charge is 2.32. The van der Waals surface area contributed by atoms with Crippen LogP contribution in [0.1, 0.15) is 6.92 Å². The highest BCUT2D eigenvalue weighted by atomic mass is 35.5. The van der Waals surface area contributed by atoms with Gasteiger partial charge in [-0.1, -0.05) is 0 Å². The van der Waals surface area contributed by atoms with Gasteiger partial charge in [0.15, 0.2) is 0 Å². The molecule has 0 fully saturated rings. The second-order valence-electron chi connectivity index (χ2n) is 4.77. The van der Waals surface area contributed by atoms with Gasteiger partial charge in [-0.25, -0.2) is 4.98 Å². The number of aromatic nitrogens is 3. The van der Waals surface area contributed by atoms with Crippen LogP contribution in [-0.2, 0) is 11.3 Å². The number of aliphatic hydroxyl groups is 2. The second-order valence-corrected chi connectivity index (χ2v) is 5.11. The van der Waals surface area contributed by atoms with Crippen molar-refractivity contribution in [2.45, 2.75) is 25.2 Å². The van der Waals surface area contributed by atoms with Crippen molar-refractivity contribution in [2.75, 3.05) is 19.5 Å². The average Bonchev–Trinajstić information content (AvgIpc) is 2.81. The third-order valence-electron chi connectivity index (χ3n) is 3.48. The standard InChI is InChI=1S/C12H17ClN4O3/c1-12(6-18,20-2)8(19)5-17-4-3-7-9(14)15-11(13)16-10(7)17/h3-4,8,18-19H,5-6H2,1-2H3,(H2,14,15,16)/t8-,12+/m0/s1. The van der Waals surface area contributed by atoms with Crippen LogP contribution in [0, 0.1) is 0 Å². The van der Waals surface area contributed by atoms with Gasteiger partial charge in [-0.3, -0.25) is 0 Å². The second kappa shape index (κ2) is 5.53. The average molecular weight is 301 g/mol. The molecule has 0 aliphatic carbocycles. The van der Waals surface area contributed by atoms with Crippen molar-refractivity contribution in [1.29, 1.82) is 0 Å². The summed E-state index contributed by atoms with van der Waals surface area (Å²) in [5, 5.41) is 20.2. The molecule has 7 nitrogen and oxygen atoms in total. The molecule has 2 heterocycles. The number of nitrogen functional groups attached to an aromatic ring is 1. The van der Waals surface area contributed by atoms with E-state index in [2.05, 4.69) is 9.97 Å². The zero-order valence-electron chi connectivity index (χ0n) is 11.2. The first-order valence-corrected chi connectivity index (χ1v) is 6.41. The lowest BCUT2D eigenvalue weighted by Crippen LogP contribution is -2.46. The summed E-state index contributed by atoms with van der Waals surface area (Å²) >= 11 is 5.79. The predicted molar refractivity (Wildman–Crippen MR) is 75.5 cm³/mol. The van der Waals surface area contributed by atoms with Crippen molar-refractivity contribution in [3.05, 3.63) is 17.5 Å². The minimum Gasteiger partial charge on any atom is -0.393 e. The van der Waals surface area contributed by atoms with Crippen LogP contribution in [0.4, 0.5) is 5.82 Å². The first-order chi connectivity index (χ1) is 9.41. The number of aliphatic hydroxyl groups excluding tert-OH is 2. The first kappa shape index (κ1) is 15.0. The molecule has 110 valence electrons. The maximum Gasteiger partial charge on any atom is 0.226 e. The number of hydrogen-bond donors (Lipinski definition) is 3. The van der Waals surface area contributed by atoms with Gasteiger partial charge in [0.1, 0.15) is 23.2 Å². The summed E-state index contributed by atoms with van der Waals surface area (Å²) in [7, 11) is 1.43. The molecule has 2 aromatic rings. The topological polar surface area (TPSA) is 106 Å². The molecule has 0 saturated carbocycles. The summed E-state index contributed by atoms with van der Waals surface area (Å²) in [6.45, 7) is 1.50. The van der Waals surface area contributed by atoms with Crippen LogP contribution in [-0.4, -0.2) is 50.2 Å². The van der Waals surface area contributed by atoms with Gasteiger partial charge in [0.25, 0.3) is 0 Å². The third-order valence-corrected chi connectivity index (χ3v) is 3.64. The van der Waals surface area contributed by atoms with Crippen LogP contribution in [0.5, 0.6) is 0 Å². The van der Waals surface area contributed by atoms with Crippen LogP contribution in [0.2, 0.25) is 5.28 Å². The van der Waals surface area contributed by atoms with E-state index in [1.165, 1.54) is 7.11 Å². The van der Waals surface area contributed by atoms with Crippen LogP contribution < -0.4 is 5.73 Å². The lowest BCUT2D eigenvalue weighted by molar-refractivity contribution is -0.121. The predicted octanol–water partition coefficient (Wildman–Crippen LogP) is 0.425. The van der Waals surface area contributed by atoms with Gasteiger partial charge in [0, 0.05) is 13.3 Å². The Balaban J connectivity index is 2.35. The smallest absolute Gasteiger partial charge is 0.226 e. The zero-order chi connectivity index (χ0) is 14.9. The number of methoxy groups -OCH3 is 1. The number of anilines is 1. The molecule has 0 saturated heterocycles. The SMILES string of the molecule is CO[C@](C)(CO)[C@@H](O)Cn1ccc2c(N)nc(Cl)nc21. The molecule has 0 aliphatic heterocycles. The van der Waals surface area contributed by atoms with E-state index in [1.807, 2.05) is 0 Å². The fourth-order valence-corrected chi connectivity index (χ4v) is 2.06. The minimum absolute atomic E-state index is 0.0427. The van der Waals surface area contributed by atoms with E-state index < -0.39 is 11.7 Å². The molecule has 0 amide bonds. The van der Waals surface area contributed by atoms with Crippen molar-refractivity contribution in [2.24, 2.45) is 0 Å². The highest BCUT2D eigenvalue weighted by Crippen LogP contribution is 2.23. The van der Waals surface area contributed by atoms with Gasteiger partial charge in [0.05, 0.1) is 18.5 Å². The normalized spacial score (nSPS) is 16.2. The van der Waals surface area contributed by atoms with E-state index in [9.17, 15) is 10.2 Å². The van der Waals surface area contributed by atoms with Gasteiger partial charge < -0.3 is 25.3 Å². The number of halogens is 1. The number of fused-ring (bicyclic) bond motifs is 1. The Labute approximate surface area is 121 Å². The summed E-state index contributed by atoms with van der Waals surface area (Å²) < 4.78 is 6.85. The lowest BCUT2D eigenvalue weighted by atomic mass is 10.00. The maximum atomic E-state index is 10.2. The number of ether oxygens (including phenoxy) is 1. The van der Waals surface area contributed by atoms with Crippen LogP contribution in [0.3, 0.4) is 0 Å². The number of nitrogens with zero attached hydrogens (tertiary/aromatic N) is 3. The monoisotopic (exact) mass is 300 g/mol. The van der Waals surface area contributed by atoms with Crippen molar-refractivity contribution in [3.63, 3.8) is 0 Å². The Bertz CT molecular complexity index is 612. The summed E-state index contributed by atoms with van der Waals surface area (Å²) in [6, 6.07) is 1.75. The van der Waals surface area contributed by atoms with Gasteiger partial charge in [-0.05, 0) is 24.6 Å².